The summed E-state index contributed by atoms with van der Waals surface area (Å²) in [6, 6.07) is 0. The summed E-state index contributed by atoms with van der Waals surface area (Å²) in [5.74, 6) is 2.62. The maximum Gasteiger partial charge on any atom is 0.0167 e. The van der Waals surface area contributed by atoms with Crippen LogP contribution in [0.3, 0.4) is 0 Å². The van der Waals surface area contributed by atoms with Crippen molar-refractivity contribution in [3.8, 4) is 12.3 Å². The number of hydrogen-bond donors (Lipinski definition) is 1. The molecule has 0 atom stereocenters. The first-order chi connectivity index (χ1) is 5.85. The number of rotatable bonds is 0. The van der Waals surface area contributed by atoms with Crippen molar-refractivity contribution in [1.29, 1.82) is 0 Å². The maximum atomic E-state index is 5.29. The Hall–Kier alpha value is -0.740. The van der Waals surface area contributed by atoms with E-state index in [2.05, 4.69) is 38.9 Å². The zero-order valence-electron chi connectivity index (χ0n) is 9.07. The third-order valence-corrected chi connectivity index (χ3v) is 2.30. The summed E-state index contributed by atoms with van der Waals surface area (Å²) >= 11 is 0. The number of allylic oxidation sites excluding steroid dienone is 1. The lowest BCUT2D eigenvalue weighted by molar-refractivity contribution is 0.223. The van der Waals surface area contributed by atoms with Crippen molar-refractivity contribution < 1.29 is 0 Å². The topological polar surface area (TPSA) is 12.0 Å². The van der Waals surface area contributed by atoms with Crippen molar-refractivity contribution >= 4 is 0 Å². The zero-order valence-corrected chi connectivity index (χ0v) is 9.07. The molecule has 0 aromatic carbocycles. The first kappa shape index (κ1) is 10.3. The summed E-state index contributed by atoms with van der Waals surface area (Å²) in [6.45, 7) is 8.88. The van der Waals surface area contributed by atoms with Crippen LogP contribution in [0.25, 0.3) is 0 Å². The molecule has 1 saturated heterocycles. The second kappa shape index (κ2) is 3.20. The fraction of sp³-hybridized carbons (Fsp3) is 0.667. The van der Waals surface area contributed by atoms with E-state index in [1.807, 2.05) is 6.08 Å². The molecular formula is C12H19N. The van der Waals surface area contributed by atoms with E-state index in [9.17, 15) is 0 Å². The molecule has 0 aromatic heterocycles. The highest BCUT2D eigenvalue weighted by molar-refractivity contribution is 5.24. The lowest BCUT2D eigenvalue weighted by Crippen LogP contribution is -2.55. The van der Waals surface area contributed by atoms with E-state index in [0.717, 1.165) is 12.8 Å². The standard InChI is InChI=1S/C12H19N/c1-6-7-10-8-11(2,3)13-12(4,5)9-10/h1,7,13H,8-9H2,2-5H3. The van der Waals surface area contributed by atoms with Gasteiger partial charge in [0.05, 0.1) is 0 Å². The molecule has 0 saturated carbocycles. The number of nitrogens with one attached hydrogen (secondary N) is 1. The van der Waals surface area contributed by atoms with Gasteiger partial charge >= 0.3 is 0 Å². The number of hydrogen-bond acceptors (Lipinski definition) is 1. The van der Waals surface area contributed by atoms with Crippen molar-refractivity contribution in [1.82, 2.24) is 5.32 Å². The van der Waals surface area contributed by atoms with Crippen molar-refractivity contribution in [2.75, 3.05) is 0 Å². The van der Waals surface area contributed by atoms with Gasteiger partial charge in [-0.2, -0.15) is 0 Å². The Kier molecular flexibility index (Phi) is 2.54. The molecule has 0 aromatic rings. The molecule has 0 bridgehead atoms. The summed E-state index contributed by atoms with van der Waals surface area (Å²) in [5.41, 5.74) is 1.73. The van der Waals surface area contributed by atoms with Crippen LogP contribution in [0.2, 0.25) is 0 Å². The van der Waals surface area contributed by atoms with Crippen LogP contribution < -0.4 is 5.32 Å². The highest BCUT2D eigenvalue weighted by atomic mass is 15.0. The Labute approximate surface area is 81.6 Å². The van der Waals surface area contributed by atoms with Crippen LogP contribution in [-0.2, 0) is 0 Å². The Bertz CT molecular complexity index is 245. The van der Waals surface area contributed by atoms with Crippen LogP contribution >= 0.6 is 0 Å². The van der Waals surface area contributed by atoms with Gasteiger partial charge in [-0.25, -0.2) is 0 Å². The molecule has 1 fully saturated rings. The summed E-state index contributed by atoms with van der Waals surface area (Å²) in [6.07, 6.45) is 9.32. The Morgan fingerprint density at radius 3 is 2.08 bits per heavy atom. The van der Waals surface area contributed by atoms with Gasteiger partial charge in [-0.3, -0.25) is 0 Å². The number of piperidine rings is 1. The van der Waals surface area contributed by atoms with E-state index < -0.39 is 0 Å². The molecule has 0 aliphatic carbocycles. The third kappa shape index (κ3) is 2.90. The SMILES string of the molecule is C#CC=C1CC(C)(C)NC(C)(C)C1. The van der Waals surface area contributed by atoms with Crippen LogP contribution in [0, 0.1) is 12.3 Å². The molecule has 1 nitrogen and oxygen atoms in total. The normalized spacial score (nSPS) is 25.0. The summed E-state index contributed by atoms with van der Waals surface area (Å²) in [7, 11) is 0. The first-order valence-corrected chi connectivity index (χ1v) is 4.78. The smallest absolute Gasteiger partial charge is 0.0167 e. The molecule has 1 heterocycles. The van der Waals surface area contributed by atoms with E-state index in [1.54, 1.807) is 0 Å². The predicted molar refractivity (Wildman–Crippen MR) is 57.4 cm³/mol. The van der Waals surface area contributed by atoms with E-state index in [0.29, 0.717) is 0 Å². The minimum absolute atomic E-state index is 0.171. The van der Waals surface area contributed by atoms with Gasteiger partial charge in [0, 0.05) is 11.1 Å². The number of terminal acetylenes is 1. The van der Waals surface area contributed by atoms with Crippen LogP contribution in [0.15, 0.2) is 11.6 Å². The van der Waals surface area contributed by atoms with Gasteiger partial charge in [-0.1, -0.05) is 11.5 Å². The van der Waals surface area contributed by atoms with E-state index in [-0.39, 0.29) is 11.1 Å². The van der Waals surface area contributed by atoms with Crippen molar-refractivity contribution in [3.05, 3.63) is 11.6 Å². The Morgan fingerprint density at radius 1 is 1.23 bits per heavy atom. The maximum absolute atomic E-state index is 5.29. The van der Waals surface area contributed by atoms with Gasteiger partial charge in [-0.15, -0.1) is 6.42 Å². The second-order valence-electron chi connectivity index (χ2n) is 5.22. The van der Waals surface area contributed by atoms with E-state index >= 15 is 0 Å². The molecule has 1 rings (SSSR count). The molecule has 0 spiro atoms. The Balaban J connectivity index is 2.86. The van der Waals surface area contributed by atoms with Gasteiger partial charge in [0.1, 0.15) is 0 Å². The molecule has 1 heteroatoms. The fourth-order valence-corrected chi connectivity index (χ4v) is 2.42. The molecule has 72 valence electrons. The van der Waals surface area contributed by atoms with Crippen LogP contribution in [-0.4, -0.2) is 11.1 Å². The van der Waals surface area contributed by atoms with E-state index in [1.165, 1.54) is 5.57 Å². The van der Waals surface area contributed by atoms with Gasteiger partial charge in [0.25, 0.3) is 0 Å². The molecule has 13 heavy (non-hydrogen) atoms. The quantitative estimate of drug-likeness (QED) is 0.561. The highest BCUT2D eigenvalue weighted by Crippen LogP contribution is 2.31. The lowest BCUT2D eigenvalue weighted by Gasteiger charge is -2.43. The second-order valence-corrected chi connectivity index (χ2v) is 5.22. The summed E-state index contributed by atoms with van der Waals surface area (Å²) in [5, 5.41) is 3.61. The van der Waals surface area contributed by atoms with Gasteiger partial charge < -0.3 is 5.32 Å². The van der Waals surface area contributed by atoms with Gasteiger partial charge in [0.2, 0.25) is 0 Å². The molecule has 0 unspecified atom stereocenters. The molecule has 0 radical (unpaired) electrons. The lowest BCUT2D eigenvalue weighted by atomic mass is 9.79. The first-order valence-electron chi connectivity index (χ1n) is 4.78. The fourth-order valence-electron chi connectivity index (χ4n) is 2.42. The van der Waals surface area contributed by atoms with Crippen LogP contribution in [0.4, 0.5) is 0 Å². The minimum atomic E-state index is 0.171. The van der Waals surface area contributed by atoms with Crippen LogP contribution in [0.5, 0.6) is 0 Å². The Morgan fingerprint density at radius 2 is 1.69 bits per heavy atom. The molecule has 0 amide bonds. The minimum Gasteiger partial charge on any atom is -0.306 e. The van der Waals surface area contributed by atoms with Crippen molar-refractivity contribution in [2.24, 2.45) is 0 Å². The summed E-state index contributed by atoms with van der Waals surface area (Å²) in [4.78, 5) is 0. The highest BCUT2D eigenvalue weighted by Gasteiger charge is 2.34. The van der Waals surface area contributed by atoms with Gasteiger partial charge in [0.15, 0.2) is 0 Å². The zero-order chi connectivity index (χ0) is 10.1. The molecule has 1 aliphatic heterocycles. The molecular weight excluding hydrogens is 158 g/mol. The third-order valence-electron chi connectivity index (χ3n) is 2.30. The van der Waals surface area contributed by atoms with Crippen molar-refractivity contribution in [3.63, 3.8) is 0 Å². The van der Waals surface area contributed by atoms with E-state index in [4.69, 9.17) is 6.42 Å². The largest absolute Gasteiger partial charge is 0.306 e. The summed E-state index contributed by atoms with van der Waals surface area (Å²) < 4.78 is 0. The van der Waals surface area contributed by atoms with Gasteiger partial charge in [-0.05, 0) is 46.6 Å². The monoisotopic (exact) mass is 177 g/mol. The predicted octanol–water partition coefficient (Wildman–Crippen LogP) is 2.49. The average molecular weight is 177 g/mol. The molecule has 1 aliphatic rings. The molecule has 1 N–H and O–H groups in total. The van der Waals surface area contributed by atoms with Crippen LogP contribution in [0.1, 0.15) is 40.5 Å². The van der Waals surface area contributed by atoms with Crippen molar-refractivity contribution in [2.45, 2.75) is 51.6 Å². The average Bonchev–Trinajstić information content (AvgIpc) is 1.78.